The molecule has 1 heterocycles. The van der Waals surface area contributed by atoms with Crippen LogP contribution >= 0.6 is 11.6 Å². The first-order chi connectivity index (χ1) is 13.7. The number of ether oxygens (including phenoxy) is 3. The number of halogens is 1. The fourth-order valence-electron chi connectivity index (χ4n) is 2.75. The highest BCUT2D eigenvalue weighted by Crippen LogP contribution is 2.31. The Morgan fingerprint density at radius 1 is 1.00 bits per heavy atom. The van der Waals surface area contributed by atoms with E-state index in [4.69, 9.17) is 25.8 Å². The van der Waals surface area contributed by atoms with Crippen LogP contribution in [0.15, 0.2) is 72.8 Å². The molecule has 4 rings (SSSR count). The van der Waals surface area contributed by atoms with Gasteiger partial charge in [-0.25, -0.2) is 0 Å². The normalized spacial score (nSPS) is 15.0. The van der Waals surface area contributed by atoms with Crippen molar-refractivity contribution in [1.82, 2.24) is 0 Å². The molecule has 6 heteroatoms. The average molecular weight is 396 g/mol. The third-order valence-electron chi connectivity index (χ3n) is 4.24. The lowest BCUT2D eigenvalue weighted by atomic mass is 10.2. The van der Waals surface area contributed by atoms with E-state index in [1.54, 1.807) is 30.3 Å². The van der Waals surface area contributed by atoms with Crippen molar-refractivity contribution in [2.45, 2.75) is 12.7 Å². The van der Waals surface area contributed by atoms with Gasteiger partial charge in [0.15, 0.2) is 11.5 Å². The molecule has 0 aliphatic carbocycles. The average Bonchev–Trinajstić information content (AvgIpc) is 2.74. The molecule has 142 valence electrons. The number of rotatable bonds is 5. The van der Waals surface area contributed by atoms with Crippen LogP contribution in [0.3, 0.4) is 0 Å². The lowest BCUT2D eigenvalue weighted by Gasteiger charge is -2.25. The summed E-state index contributed by atoms with van der Waals surface area (Å²) in [7, 11) is 0. The molecular formula is C22H18ClNO4. The Bertz CT molecular complexity index is 957. The van der Waals surface area contributed by atoms with Gasteiger partial charge in [0.2, 0.25) is 6.10 Å². The van der Waals surface area contributed by atoms with Gasteiger partial charge in [0.25, 0.3) is 5.91 Å². The summed E-state index contributed by atoms with van der Waals surface area (Å²) in [6.07, 6.45) is -0.698. The Hall–Kier alpha value is -3.18. The van der Waals surface area contributed by atoms with Crippen molar-refractivity contribution < 1.29 is 19.0 Å². The first-order valence-electron chi connectivity index (χ1n) is 8.84. The summed E-state index contributed by atoms with van der Waals surface area (Å²) in [6.45, 7) is 0.612. The number of carbonyl (C=O) groups excluding carboxylic acids is 1. The summed E-state index contributed by atoms with van der Waals surface area (Å²) >= 11 is 5.88. The maximum absolute atomic E-state index is 12.4. The highest BCUT2D eigenvalue weighted by Gasteiger charge is 2.27. The van der Waals surface area contributed by atoms with E-state index in [0.717, 1.165) is 5.56 Å². The molecule has 1 amide bonds. The molecule has 1 atom stereocenters. The van der Waals surface area contributed by atoms with Gasteiger partial charge >= 0.3 is 0 Å². The first-order valence-corrected chi connectivity index (χ1v) is 9.22. The predicted molar refractivity (Wildman–Crippen MR) is 107 cm³/mol. The smallest absolute Gasteiger partial charge is 0.269 e. The monoisotopic (exact) mass is 395 g/mol. The highest BCUT2D eigenvalue weighted by molar-refractivity contribution is 6.30. The maximum atomic E-state index is 12.4. The van der Waals surface area contributed by atoms with Crippen LogP contribution in [-0.4, -0.2) is 18.6 Å². The quantitative estimate of drug-likeness (QED) is 0.680. The van der Waals surface area contributed by atoms with Gasteiger partial charge in [0, 0.05) is 10.7 Å². The Balaban J connectivity index is 1.31. The minimum atomic E-state index is -0.698. The van der Waals surface area contributed by atoms with Gasteiger partial charge in [0.1, 0.15) is 19.0 Å². The molecule has 0 radical (unpaired) electrons. The lowest BCUT2D eigenvalue weighted by Crippen LogP contribution is -2.40. The van der Waals surface area contributed by atoms with Crippen molar-refractivity contribution in [3.05, 3.63) is 83.4 Å². The van der Waals surface area contributed by atoms with E-state index in [0.29, 0.717) is 34.6 Å². The Kier molecular flexibility index (Phi) is 5.35. The maximum Gasteiger partial charge on any atom is 0.269 e. The SMILES string of the molecule is O=C(Nc1ccc(OCc2ccc(Cl)cc2)cc1)C1COc2ccccc2O1. The third kappa shape index (κ3) is 4.38. The van der Waals surface area contributed by atoms with Gasteiger partial charge in [-0.3, -0.25) is 4.79 Å². The topological polar surface area (TPSA) is 56.8 Å². The fourth-order valence-corrected chi connectivity index (χ4v) is 2.88. The van der Waals surface area contributed by atoms with Crippen LogP contribution in [-0.2, 0) is 11.4 Å². The van der Waals surface area contributed by atoms with Crippen LogP contribution < -0.4 is 19.5 Å². The zero-order valence-corrected chi connectivity index (χ0v) is 15.7. The molecule has 1 N–H and O–H groups in total. The second kappa shape index (κ2) is 8.23. The van der Waals surface area contributed by atoms with Crippen molar-refractivity contribution in [3.63, 3.8) is 0 Å². The molecule has 0 saturated carbocycles. The van der Waals surface area contributed by atoms with Crippen molar-refractivity contribution in [2.24, 2.45) is 0 Å². The molecule has 0 fully saturated rings. The molecule has 1 aliphatic rings. The third-order valence-corrected chi connectivity index (χ3v) is 4.49. The van der Waals surface area contributed by atoms with Crippen LogP contribution in [0.4, 0.5) is 5.69 Å². The standard InChI is InChI=1S/C22H18ClNO4/c23-16-7-5-15(6-8-16)13-26-18-11-9-17(10-12-18)24-22(25)21-14-27-19-3-1-2-4-20(19)28-21/h1-12,21H,13-14H2,(H,24,25). The van der Waals surface area contributed by atoms with Gasteiger partial charge < -0.3 is 19.5 Å². The Morgan fingerprint density at radius 2 is 1.71 bits per heavy atom. The van der Waals surface area contributed by atoms with Crippen molar-refractivity contribution in [1.29, 1.82) is 0 Å². The fraction of sp³-hybridized carbons (Fsp3) is 0.136. The van der Waals surface area contributed by atoms with E-state index in [9.17, 15) is 4.79 Å². The van der Waals surface area contributed by atoms with Crippen LogP contribution in [0.2, 0.25) is 5.02 Å². The van der Waals surface area contributed by atoms with Gasteiger partial charge in [-0.15, -0.1) is 0 Å². The predicted octanol–water partition coefficient (Wildman–Crippen LogP) is 4.70. The van der Waals surface area contributed by atoms with Crippen LogP contribution in [0.1, 0.15) is 5.56 Å². The molecule has 5 nitrogen and oxygen atoms in total. The number of hydrogen-bond donors (Lipinski definition) is 1. The summed E-state index contributed by atoms with van der Waals surface area (Å²) in [4.78, 5) is 12.4. The molecule has 3 aromatic rings. The van der Waals surface area contributed by atoms with Crippen molar-refractivity contribution >= 4 is 23.2 Å². The van der Waals surface area contributed by atoms with Gasteiger partial charge in [0.05, 0.1) is 0 Å². The summed E-state index contributed by atoms with van der Waals surface area (Å²) in [5, 5.41) is 3.53. The molecule has 0 saturated heterocycles. The molecule has 3 aromatic carbocycles. The van der Waals surface area contributed by atoms with E-state index >= 15 is 0 Å². The molecular weight excluding hydrogens is 378 g/mol. The summed E-state index contributed by atoms with van der Waals surface area (Å²) in [6, 6.07) is 22.0. The van der Waals surface area contributed by atoms with E-state index in [1.807, 2.05) is 42.5 Å². The molecule has 28 heavy (non-hydrogen) atoms. The molecule has 0 spiro atoms. The second-order valence-electron chi connectivity index (χ2n) is 6.29. The van der Waals surface area contributed by atoms with Crippen molar-refractivity contribution in [2.75, 3.05) is 11.9 Å². The minimum absolute atomic E-state index is 0.172. The number of carbonyl (C=O) groups is 1. The van der Waals surface area contributed by atoms with E-state index < -0.39 is 6.10 Å². The number of nitrogens with one attached hydrogen (secondary N) is 1. The number of fused-ring (bicyclic) bond motifs is 1. The van der Waals surface area contributed by atoms with Gasteiger partial charge in [-0.1, -0.05) is 35.9 Å². The number of anilines is 1. The van der Waals surface area contributed by atoms with Gasteiger partial charge in [-0.05, 0) is 54.1 Å². The number of benzene rings is 3. The number of para-hydroxylation sites is 2. The molecule has 0 aromatic heterocycles. The van der Waals surface area contributed by atoms with Crippen molar-refractivity contribution in [3.8, 4) is 17.2 Å². The second-order valence-corrected chi connectivity index (χ2v) is 6.73. The Morgan fingerprint density at radius 3 is 2.46 bits per heavy atom. The van der Waals surface area contributed by atoms with E-state index in [1.165, 1.54) is 0 Å². The minimum Gasteiger partial charge on any atom is -0.489 e. The first kappa shape index (κ1) is 18.2. The summed E-state index contributed by atoms with van der Waals surface area (Å²) in [5.41, 5.74) is 1.68. The zero-order valence-electron chi connectivity index (χ0n) is 14.9. The lowest BCUT2D eigenvalue weighted by molar-refractivity contribution is -0.125. The van der Waals surface area contributed by atoms with Gasteiger partial charge in [-0.2, -0.15) is 0 Å². The largest absolute Gasteiger partial charge is 0.489 e. The molecule has 1 unspecified atom stereocenters. The summed E-state index contributed by atoms with van der Waals surface area (Å²) in [5.74, 6) is 1.66. The highest BCUT2D eigenvalue weighted by atomic mass is 35.5. The van der Waals surface area contributed by atoms with E-state index in [2.05, 4.69) is 5.32 Å². The Labute approximate surface area is 167 Å². The summed E-state index contributed by atoms with van der Waals surface area (Å²) < 4.78 is 17.0. The number of amides is 1. The number of hydrogen-bond acceptors (Lipinski definition) is 4. The van der Waals surface area contributed by atoms with Crippen LogP contribution in [0, 0.1) is 0 Å². The van der Waals surface area contributed by atoms with Crippen LogP contribution in [0.5, 0.6) is 17.2 Å². The molecule has 0 bridgehead atoms. The van der Waals surface area contributed by atoms with E-state index in [-0.39, 0.29) is 12.5 Å². The zero-order chi connectivity index (χ0) is 19.3. The molecule has 1 aliphatic heterocycles. The van der Waals surface area contributed by atoms with Crippen LogP contribution in [0.25, 0.3) is 0 Å².